The normalized spacial score (nSPS) is 11.5. The minimum absolute atomic E-state index is 0.00410. The van der Waals surface area contributed by atoms with Crippen molar-refractivity contribution in [2.24, 2.45) is 0 Å². The van der Waals surface area contributed by atoms with Gasteiger partial charge in [0.05, 0.1) is 7.11 Å². The molecule has 1 aromatic carbocycles. The molecule has 0 bridgehead atoms. The molecule has 0 atom stereocenters. The lowest BCUT2D eigenvalue weighted by atomic mass is 9.80. The Balaban J connectivity index is 3.07. The quantitative estimate of drug-likeness (QED) is 0.732. The van der Waals surface area contributed by atoms with E-state index in [1.807, 2.05) is 6.07 Å². The molecule has 0 N–H and O–H groups in total. The molecule has 0 amide bonds. The summed E-state index contributed by atoms with van der Waals surface area (Å²) in [4.78, 5) is 0. The van der Waals surface area contributed by atoms with Crippen molar-refractivity contribution >= 4 is 0 Å². The van der Waals surface area contributed by atoms with Gasteiger partial charge in [-0.3, -0.25) is 0 Å². The lowest BCUT2D eigenvalue weighted by Crippen LogP contribution is -2.16. The van der Waals surface area contributed by atoms with E-state index in [1.54, 1.807) is 13.2 Å². The van der Waals surface area contributed by atoms with Crippen molar-refractivity contribution in [2.75, 3.05) is 7.11 Å². The van der Waals surface area contributed by atoms with E-state index >= 15 is 0 Å². The van der Waals surface area contributed by atoms with Gasteiger partial charge < -0.3 is 4.74 Å². The molecule has 0 fully saturated rings. The number of halogens is 1. The minimum atomic E-state index is -0.228. The fourth-order valence-corrected chi connectivity index (χ4v) is 1.84. The van der Waals surface area contributed by atoms with Crippen molar-refractivity contribution in [1.29, 1.82) is 0 Å². The van der Waals surface area contributed by atoms with E-state index in [4.69, 9.17) is 4.74 Å². The second kappa shape index (κ2) is 4.65. The average molecular weight is 210 g/mol. The van der Waals surface area contributed by atoms with Crippen LogP contribution in [0, 0.1) is 5.82 Å². The summed E-state index contributed by atoms with van der Waals surface area (Å²) in [5.41, 5.74) is 1.01. The van der Waals surface area contributed by atoms with Gasteiger partial charge in [-0.15, -0.1) is 0 Å². The minimum Gasteiger partial charge on any atom is -0.497 e. The molecule has 0 spiro atoms. The highest BCUT2D eigenvalue weighted by Gasteiger charge is 2.20. The van der Waals surface area contributed by atoms with Gasteiger partial charge in [0.2, 0.25) is 0 Å². The zero-order valence-electron chi connectivity index (χ0n) is 9.93. The standard InChI is InChI=1S/C13H19FO/c1-5-6-13(2,3)10-7-11(14)9-12(8-10)15-4/h7-9H,5-6H2,1-4H3. The third kappa shape index (κ3) is 2.95. The van der Waals surface area contributed by atoms with Crippen molar-refractivity contribution in [1.82, 2.24) is 0 Å². The molecule has 2 heteroatoms. The van der Waals surface area contributed by atoms with Gasteiger partial charge >= 0.3 is 0 Å². The topological polar surface area (TPSA) is 9.23 Å². The van der Waals surface area contributed by atoms with Crippen molar-refractivity contribution in [3.63, 3.8) is 0 Å². The van der Waals surface area contributed by atoms with Gasteiger partial charge in [0.15, 0.2) is 0 Å². The van der Waals surface area contributed by atoms with E-state index in [0.717, 1.165) is 18.4 Å². The van der Waals surface area contributed by atoms with Crippen LogP contribution in [-0.2, 0) is 5.41 Å². The van der Waals surface area contributed by atoms with Crippen LogP contribution in [0.5, 0.6) is 5.75 Å². The van der Waals surface area contributed by atoms with Crippen LogP contribution in [0.2, 0.25) is 0 Å². The van der Waals surface area contributed by atoms with E-state index in [9.17, 15) is 4.39 Å². The molecule has 0 aliphatic heterocycles. The first-order valence-electron chi connectivity index (χ1n) is 5.34. The Kier molecular flexibility index (Phi) is 3.72. The summed E-state index contributed by atoms with van der Waals surface area (Å²) in [6, 6.07) is 4.92. The summed E-state index contributed by atoms with van der Waals surface area (Å²) in [7, 11) is 1.56. The van der Waals surface area contributed by atoms with Crippen molar-refractivity contribution in [3.05, 3.63) is 29.6 Å². The molecular weight excluding hydrogens is 191 g/mol. The molecule has 0 saturated heterocycles. The fourth-order valence-electron chi connectivity index (χ4n) is 1.84. The third-order valence-electron chi connectivity index (χ3n) is 2.76. The zero-order valence-corrected chi connectivity index (χ0v) is 9.93. The van der Waals surface area contributed by atoms with Gasteiger partial charge in [-0.2, -0.15) is 0 Å². The maximum Gasteiger partial charge on any atom is 0.127 e. The summed E-state index contributed by atoms with van der Waals surface area (Å²) in [5, 5.41) is 0. The number of ether oxygens (including phenoxy) is 1. The molecule has 0 unspecified atom stereocenters. The summed E-state index contributed by atoms with van der Waals surface area (Å²) in [6.45, 7) is 6.40. The van der Waals surface area contributed by atoms with Gasteiger partial charge in [0.25, 0.3) is 0 Å². The Hall–Kier alpha value is -1.05. The molecule has 1 rings (SSSR count). The van der Waals surface area contributed by atoms with Crippen LogP contribution in [0.4, 0.5) is 4.39 Å². The molecule has 0 aromatic heterocycles. The molecule has 15 heavy (non-hydrogen) atoms. The van der Waals surface area contributed by atoms with Gasteiger partial charge in [0.1, 0.15) is 11.6 Å². The maximum atomic E-state index is 13.3. The lowest BCUT2D eigenvalue weighted by molar-refractivity contribution is 0.405. The van der Waals surface area contributed by atoms with Crippen LogP contribution in [0.1, 0.15) is 39.2 Å². The van der Waals surface area contributed by atoms with Crippen LogP contribution in [0.25, 0.3) is 0 Å². The summed E-state index contributed by atoms with van der Waals surface area (Å²) in [6.07, 6.45) is 2.13. The summed E-state index contributed by atoms with van der Waals surface area (Å²) >= 11 is 0. The fraction of sp³-hybridized carbons (Fsp3) is 0.538. The monoisotopic (exact) mass is 210 g/mol. The van der Waals surface area contributed by atoms with Crippen molar-refractivity contribution in [2.45, 2.75) is 39.0 Å². The van der Waals surface area contributed by atoms with Crippen LogP contribution < -0.4 is 4.74 Å². The van der Waals surface area contributed by atoms with Gasteiger partial charge in [0, 0.05) is 6.07 Å². The second-order valence-electron chi connectivity index (χ2n) is 4.51. The molecule has 1 aromatic rings. The van der Waals surface area contributed by atoms with Gasteiger partial charge in [-0.25, -0.2) is 4.39 Å². The zero-order chi connectivity index (χ0) is 11.5. The molecule has 84 valence electrons. The van der Waals surface area contributed by atoms with Crippen LogP contribution in [-0.4, -0.2) is 7.11 Å². The number of hydrogen-bond donors (Lipinski definition) is 0. The number of hydrogen-bond acceptors (Lipinski definition) is 1. The van der Waals surface area contributed by atoms with Crippen molar-refractivity contribution in [3.8, 4) is 5.75 Å². The molecule has 0 saturated carbocycles. The van der Waals surface area contributed by atoms with E-state index in [1.165, 1.54) is 6.07 Å². The number of methoxy groups -OCH3 is 1. The molecule has 0 radical (unpaired) electrons. The molecular formula is C13H19FO. The lowest BCUT2D eigenvalue weighted by Gasteiger charge is -2.25. The largest absolute Gasteiger partial charge is 0.497 e. The Morgan fingerprint density at radius 2 is 1.93 bits per heavy atom. The van der Waals surface area contributed by atoms with Gasteiger partial charge in [-0.1, -0.05) is 27.2 Å². The second-order valence-corrected chi connectivity index (χ2v) is 4.51. The summed E-state index contributed by atoms with van der Waals surface area (Å²) < 4.78 is 18.4. The number of benzene rings is 1. The Morgan fingerprint density at radius 3 is 2.47 bits per heavy atom. The van der Waals surface area contributed by atoms with E-state index < -0.39 is 0 Å². The van der Waals surface area contributed by atoms with E-state index in [0.29, 0.717) is 5.75 Å². The van der Waals surface area contributed by atoms with Crippen LogP contribution in [0.3, 0.4) is 0 Å². The first kappa shape index (κ1) is 12.0. The van der Waals surface area contributed by atoms with Crippen molar-refractivity contribution < 1.29 is 9.13 Å². The average Bonchev–Trinajstić information content (AvgIpc) is 2.16. The van der Waals surface area contributed by atoms with E-state index in [2.05, 4.69) is 20.8 Å². The van der Waals surface area contributed by atoms with Gasteiger partial charge in [-0.05, 0) is 29.5 Å². The highest BCUT2D eigenvalue weighted by atomic mass is 19.1. The number of rotatable bonds is 4. The predicted octanol–water partition coefficient (Wildman–Crippen LogP) is 3.91. The highest BCUT2D eigenvalue weighted by molar-refractivity contribution is 5.33. The molecule has 0 heterocycles. The Bertz CT molecular complexity index is 331. The smallest absolute Gasteiger partial charge is 0.127 e. The van der Waals surface area contributed by atoms with E-state index in [-0.39, 0.29) is 11.2 Å². The predicted molar refractivity (Wildman–Crippen MR) is 60.9 cm³/mol. The first-order chi connectivity index (χ1) is 6.99. The molecule has 0 aliphatic rings. The first-order valence-corrected chi connectivity index (χ1v) is 5.34. The molecule has 0 aliphatic carbocycles. The van der Waals surface area contributed by atoms with Crippen LogP contribution >= 0.6 is 0 Å². The molecule has 1 nitrogen and oxygen atoms in total. The maximum absolute atomic E-state index is 13.3. The highest BCUT2D eigenvalue weighted by Crippen LogP contribution is 2.31. The summed E-state index contributed by atoms with van der Waals surface area (Å²) in [5.74, 6) is 0.364. The van der Waals surface area contributed by atoms with Crippen LogP contribution in [0.15, 0.2) is 18.2 Å². The Morgan fingerprint density at radius 1 is 1.27 bits per heavy atom. The Labute approximate surface area is 91.3 Å². The SMILES string of the molecule is CCCC(C)(C)c1cc(F)cc(OC)c1. The third-order valence-corrected chi connectivity index (χ3v) is 2.76.